The van der Waals surface area contributed by atoms with Gasteiger partial charge < -0.3 is 15.0 Å². The van der Waals surface area contributed by atoms with Gasteiger partial charge in [-0.1, -0.05) is 13.8 Å². The zero-order chi connectivity index (χ0) is 14.7. The number of nitrogens with one attached hydrogen (secondary N) is 1. The molecular weight excluding hydrogens is 384 g/mol. The summed E-state index contributed by atoms with van der Waals surface area (Å²) in [5.41, 5.74) is 1.21. The average Bonchev–Trinajstić information content (AvgIpc) is 2.41. The molecule has 0 spiro atoms. The van der Waals surface area contributed by atoms with Gasteiger partial charge in [-0.2, -0.15) is 0 Å². The predicted molar refractivity (Wildman–Crippen MR) is 91.9 cm³/mol. The highest BCUT2D eigenvalue weighted by atomic mass is 79.9. The lowest BCUT2D eigenvalue weighted by Crippen LogP contribution is -2.48. The summed E-state index contributed by atoms with van der Waals surface area (Å²) < 4.78 is 7.50. The van der Waals surface area contributed by atoms with E-state index in [4.69, 9.17) is 4.74 Å². The Hall–Kier alpha value is -0.260. The molecule has 0 amide bonds. The Morgan fingerprint density at radius 2 is 2.10 bits per heavy atom. The molecule has 1 heterocycles. The van der Waals surface area contributed by atoms with E-state index in [1.54, 1.807) is 7.11 Å². The molecule has 112 valence electrons. The fourth-order valence-corrected chi connectivity index (χ4v) is 4.25. The van der Waals surface area contributed by atoms with E-state index in [1.807, 2.05) is 0 Å². The van der Waals surface area contributed by atoms with Gasteiger partial charge in [-0.15, -0.1) is 0 Å². The Labute approximate surface area is 138 Å². The molecular formula is C15H22Br2N2O. The number of hydrogen-bond acceptors (Lipinski definition) is 3. The number of benzene rings is 1. The van der Waals surface area contributed by atoms with Crippen LogP contribution in [-0.4, -0.2) is 32.8 Å². The fourth-order valence-electron chi connectivity index (χ4n) is 2.85. The first kappa shape index (κ1) is 16.1. The maximum atomic E-state index is 5.41. The lowest BCUT2D eigenvalue weighted by Gasteiger charge is -2.39. The van der Waals surface area contributed by atoms with E-state index >= 15 is 0 Å². The number of piperidine rings is 1. The Balaban J connectivity index is 2.17. The normalized spacial score (nSPS) is 22.9. The van der Waals surface area contributed by atoms with Gasteiger partial charge in [0.05, 0.1) is 17.3 Å². The van der Waals surface area contributed by atoms with Gasteiger partial charge in [-0.25, -0.2) is 0 Å². The van der Waals surface area contributed by atoms with Crippen LogP contribution in [-0.2, 0) is 0 Å². The molecule has 0 aliphatic carbocycles. The van der Waals surface area contributed by atoms with Crippen molar-refractivity contribution in [3.63, 3.8) is 0 Å². The maximum absolute atomic E-state index is 5.41. The second-order valence-corrected chi connectivity index (χ2v) is 7.02. The number of hydrogen-bond donors (Lipinski definition) is 1. The van der Waals surface area contributed by atoms with Crippen LogP contribution in [0.4, 0.5) is 5.69 Å². The molecule has 0 aromatic heterocycles. The van der Waals surface area contributed by atoms with Crippen LogP contribution in [0.5, 0.6) is 5.75 Å². The van der Waals surface area contributed by atoms with E-state index in [1.165, 1.54) is 12.1 Å². The molecule has 1 aromatic carbocycles. The number of anilines is 1. The van der Waals surface area contributed by atoms with Crippen LogP contribution in [0.2, 0.25) is 0 Å². The highest BCUT2D eigenvalue weighted by Gasteiger charge is 2.26. The zero-order valence-corrected chi connectivity index (χ0v) is 15.4. The van der Waals surface area contributed by atoms with Crippen LogP contribution in [0, 0.1) is 5.92 Å². The molecule has 1 aromatic rings. The van der Waals surface area contributed by atoms with Crippen LogP contribution < -0.4 is 15.0 Å². The Morgan fingerprint density at radius 1 is 1.35 bits per heavy atom. The first-order valence-corrected chi connectivity index (χ1v) is 8.66. The van der Waals surface area contributed by atoms with Crippen LogP contribution in [0.15, 0.2) is 21.1 Å². The minimum atomic E-state index is 0.632. The summed E-state index contributed by atoms with van der Waals surface area (Å²) in [4.78, 5) is 2.44. The lowest BCUT2D eigenvalue weighted by molar-refractivity contribution is 0.326. The second-order valence-electron chi connectivity index (χ2n) is 5.31. The first-order valence-electron chi connectivity index (χ1n) is 7.08. The number of methoxy groups -OCH3 is 1. The van der Waals surface area contributed by atoms with Crippen LogP contribution in [0.25, 0.3) is 0 Å². The van der Waals surface area contributed by atoms with E-state index in [0.29, 0.717) is 12.0 Å². The topological polar surface area (TPSA) is 24.5 Å². The molecule has 5 heteroatoms. The van der Waals surface area contributed by atoms with E-state index in [0.717, 1.165) is 34.3 Å². The van der Waals surface area contributed by atoms with Gasteiger partial charge >= 0.3 is 0 Å². The predicted octanol–water partition coefficient (Wildman–Crippen LogP) is 4.04. The van der Waals surface area contributed by atoms with Crippen molar-refractivity contribution in [3.05, 3.63) is 21.1 Å². The second kappa shape index (κ2) is 7.14. The molecule has 2 atom stereocenters. The van der Waals surface area contributed by atoms with Gasteiger partial charge in [0, 0.05) is 29.7 Å². The summed E-state index contributed by atoms with van der Waals surface area (Å²) in [5.74, 6) is 1.52. The van der Waals surface area contributed by atoms with Crippen molar-refractivity contribution < 1.29 is 4.74 Å². The number of ether oxygens (including phenoxy) is 1. The maximum Gasteiger partial charge on any atom is 0.135 e. The van der Waals surface area contributed by atoms with Gasteiger partial charge in [-0.05, 0) is 56.8 Å². The molecule has 0 radical (unpaired) electrons. The smallest absolute Gasteiger partial charge is 0.135 e. The molecule has 2 unspecified atom stereocenters. The summed E-state index contributed by atoms with van der Waals surface area (Å²) in [5, 5.41) is 3.58. The van der Waals surface area contributed by atoms with E-state index in [-0.39, 0.29) is 0 Å². The van der Waals surface area contributed by atoms with Crippen molar-refractivity contribution in [2.24, 2.45) is 5.92 Å². The number of halogens is 2. The molecule has 0 saturated carbocycles. The molecule has 0 bridgehead atoms. The summed E-state index contributed by atoms with van der Waals surface area (Å²) in [6.07, 6.45) is 1.18. The molecule has 1 saturated heterocycles. The summed E-state index contributed by atoms with van der Waals surface area (Å²) in [6, 6.07) is 4.80. The zero-order valence-electron chi connectivity index (χ0n) is 12.2. The molecule has 1 aliphatic heterocycles. The quantitative estimate of drug-likeness (QED) is 0.817. The number of nitrogens with zero attached hydrogens (tertiary/aromatic N) is 1. The monoisotopic (exact) mass is 404 g/mol. The Kier molecular flexibility index (Phi) is 5.75. The van der Waals surface area contributed by atoms with Crippen LogP contribution in [0.1, 0.15) is 20.3 Å². The standard InChI is InChI=1S/C15H22Br2N2O/c1-4-18-13-5-6-19(9-10(13)2)14-8-15(20-3)12(17)7-11(14)16/h7-8,10,13,18H,4-6,9H2,1-3H3. The average molecular weight is 406 g/mol. The minimum Gasteiger partial charge on any atom is -0.495 e. The van der Waals surface area contributed by atoms with Crippen molar-refractivity contribution in [1.82, 2.24) is 5.32 Å². The molecule has 1 fully saturated rings. The van der Waals surface area contributed by atoms with Crippen molar-refractivity contribution in [1.29, 1.82) is 0 Å². The highest BCUT2D eigenvalue weighted by molar-refractivity contribution is 9.11. The summed E-state index contributed by atoms with van der Waals surface area (Å²) >= 11 is 7.19. The van der Waals surface area contributed by atoms with Gasteiger partial charge in [0.15, 0.2) is 0 Å². The minimum absolute atomic E-state index is 0.632. The van der Waals surface area contributed by atoms with E-state index in [2.05, 4.69) is 68.1 Å². The molecule has 1 N–H and O–H groups in total. The fraction of sp³-hybridized carbons (Fsp3) is 0.600. The van der Waals surface area contributed by atoms with Crippen molar-refractivity contribution >= 4 is 37.5 Å². The molecule has 2 rings (SSSR count). The van der Waals surface area contributed by atoms with Crippen LogP contribution in [0.3, 0.4) is 0 Å². The van der Waals surface area contributed by atoms with Gasteiger partial charge in [-0.3, -0.25) is 0 Å². The largest absolute Gasteiger partial charge is 0.495 e. The van der Waals surface area contributed by atoms with Crippen molar-refractivity contribution in [3.8, 4) is 5.75 Å². The number of rotatable bonds is 4. The molecule has 20 heavy (non-hydrogen) atoms. The summed E-state index contributed by atoms with van der Waals surface area (Å²) in [6.45, 7) is 7.69. The van der Waals surface area contributed by atoms with Crippen molar-refractivity contribution in [2.45, 2.75) is 26.3 Å². The first-order chi connectivity index (χ1) is 9.56. The Morgan fingerprint density at radius 3 is 2.70 bits per heavy atom. The SMILES string of the molecule is CCNC1CCN(c2cc(OC)c(Br)cc2Br)CC1C. The van der Waals surface area contributed by atoms with Crippen LogP contribution >= 0.6 is 31.9 Å². The molecule has 1 aliphatic rings. The van der Waals surface area contributed by atoms with Gasteiger partial charge in [0.1, 0.15) is 5.75 Å². The molecule has 3 nitrogen and oxygen atoms in total. The summed E-state index contributed by atoms with van der Waals surface area (Å²) in [7, 11) is 1.71. The van der Waals surface area contributed by atoms with Gasteiger partial charge in [0.2, 0.25) is 0 Å². The third-order valence-electron chi connectivity index (χ3n) is 3.93. The highest BCUT2D eigenvalue weighted by Crippen LogP contribution is 2.38. The van der Waals surface area contributed by atoms with E-state index < -0.39 is 0 Å². The van der Waals surface area contributed by atoms with E-state index in [9.17, 15) is 0 Å². The Bertz CT molecular complexity index is 467. The third-order valence-corrected chi connectivity index (χ3v) is 5.19. The van der Waals surface area contributed by atoms with Crippen molar-refractivity contribution in [2.75, 3.05) is 31.6 Å². The lowest BCUT2D eigenvalue weighted by atomic mass is 9.93. The third kappa shape index (κ3) is 3.49. The van der Waals surface area contributed by atoms with Gasteiger partial charge in [0.25, 0.3) is 0 Å².